The van der Waals surface area contributed by atoms with Gasteiger partial charge in [0.1, 0.15) is 0 Å². The van der Waals surface area contributed by atoms with E-state index in [9.17, 15) is 0 Å². The molecule has 1 aliphatic carbocycles. The number of allylic oxidation sites excluding steroid dienone is 4. The van der Waals surface area contributed by atoms with Crippen LogP contribution in [0.2, 0.25) is 0 Å². The van der Waals surface area contributed by atoms with Crippen LogP contribution < -0.4 is 4.90 Å². The van der Waals surface area contributed by atoms with Gasteiger partial charge in [0.2, 0.25) is 0 Å². The van der Waals surface area contributed by atoms with E-state index in [-0.39, 0.29) is 0 Å². The van der Waals surface area contributed by atoms with Crippen molar-refractivity contribution in [3.05, 3.63) is 50.4 Å². The Bertz CT molecular complexity index is 571. The molecule has 0 aromatic heterocycles. The molecule has 0 fully saturated rings. The third kappa shape index (κ3) is 4.16. The first-order valence-electron chi connectivity index (χ1n) is 7.57. The second-order valence-electron chi connectivity index (χ2n) is 6.53. The molecule has 0 heterocycles. The molecule has 119 valence electrons. The first-order valence-corrected chi connectivity index (χ1v) is 9.47. The molecule has 1 nitrogen and oxygen atoms in total. The molecule has 0 spiro atoms. The van der Waals surface area contributed by atoms with Crippen LogP contribution in [0.5, 0.6) is 0 Å². The third-order valence-corrected chi connectivity index (χ3v) is 6.85. The fourth-order valence-electron chi connectivity index (χ4n) is 2.65. The second-order valence-corrected chi connectivity index (χ2v) is 7.87. The Morgan fingerprint density at radius 2 is 1.59 bits per heavy atom. The van der Waals surface area contributed by atoms with Crippen molar-refractivity contribution in [1.82, 2.24) is 0 Å². The Labute approximate surface area is 156 Å². The molecule has 0 saturated carbocycles. The molecule has 1 aromatic rings. The summed E-state index contributed by atoms with van der Waals surface area (Å²) in [5, 5.41) is 0.918. The summed E-state index contributed by atoms with van der Waals surface area (Å²) in [7, 11) is 4.11. The quantitative estimate of drug-likeness (QED) is 0.448. The number of para-hydroxylation sites is 1. The standard InChI is InChI=1S/C10H15.C9H12BrN.Ti/c1-7-6-10(4,5)9(3)8(7)2;1-11(2)9-6-4-3-5-8(9)7-10;/h1-5H3;3-6H,7H2,1-2H3;. The van der Waals surface area contributed by atoms with Crippen molar-refractivity contribution in [3.8, 4) is 0 Å². The average Bonchev–Trinajstić information content (AvgIpc) is 2.63. The number of anilines is 1. The van der Waals surface area contributed by atoms with Gasteiger partial charge in [-0.1, -0.05) is 34.1 Å². The van der Waals surface area contributed by atoms with Gasteiger partial charge in [-0.3, -0.25) is 0 Å². The maximum absolute atomic E-state index is 3.45. The molecule has 2 rings (SSSR count). The fraction of sp³-hybridized carbons (Fsp3) is 0.474. The Balaban J connectivity index is 0.000000220. The Morgan fingerprint density at radius 3 is 1.86 bits per heavy atom. The smallest absolute Gasteiger partial charge is 0.0402 e. The Morgan fingerprint density at radius 1 is 1.05 bits per heavy atom. The van der Waals surface area contributed by atoms with Gasteiger partial charge in [-0.2, -0.15) is 0 Å². The molecule has 22 heavy (non-hydrogen) atoms. The van der Waals surface area contributed by atoms with E-state index < -0.39 is 0 Å². The summed E-state index contributed by atoms with van der Waals surface area (Å²) in [6.07, 6.45) is 0. The minimum Gasteiger partial charge on any atom is -0.377 e. The predicted octanol–water partition coefficient (Wildman–Crippen LogP) is 5.83. The molecule has 1 aliphatic rings. The van der Waals surface area contributed by atoms with E-state index in [0.29, 0.717) is 5.41 Å². The molecular weight excluding hydrogens is 370 g/mol. The van der Waals surface area contributed by atoms with Crippen LogP contribution in [0.15, 0.2) is 44.9 Å². The summed E-state index contributed by atoms with van der Waals surface area (Å²) < 4.78 is 1.53. The molecule has 0 bridgehead atoms. The summed E-state index contributed by atoms with van der Waals surface area (Å²) in [4.78, 5) is 2.12. The number of hydrogen-bond acceptors (Lipinski definition) is 1. The van der Waals surface area contributed by atoms with Gasteiger partial charge in [0.25, 0.3) is 0 Å². The van der Waals surface area contributed by atoms with Crippen LogP contribution in [0.25, 0.3) is 0 Å². The van der Waals surface area contributed by atoms with Crippen LogP contribution in [-0.2, 0) is 25.8 Å². The molecular formula is C19H27BrNTi. The number of rotatable bonds is 2. The third-order valence-electron chi connectivity index (χ3n) is 4.68. The van der Waals surface area contributed by atoms with Gasteiger partial charge in [0.05, 0.1) is 0 Å². The molecule has 0 atom stereocenters. The van der Waals surface area contributed by atoms with Crippen molar-refractivity contribution in [3.63, 3.8) is 0 Å². The van der Waals surface area contributed by atoms with Gasteiger partial charge in [0, 0.05) is 25.1 Å². The fourth-order valence-corrected chi connectivity index (χ4v) is 3.71. The molecule has 0 radical (unpaired) electrons. The van der Waals surface area contributed by atoms with E-state index >= 15 is 0 Å². The zero-order chi connectivity index (χ0) is 17.1. The van der Waals surface area contributed by atoms with Gasteiger partial charge in [-0.15, -0.1) is 0 Å². The van der Waals surface area contributed by atoms with Gasteiger partial charge in [-0.05, 0) is 11.6 Å². The van der Waals surface area contributed by atoms with Crippen molar-refractivity contribution in [2.24, 2.45) is 5.41 Å². The molecule has 0 N–H and O–H groups in total. The van der Waals surface area contributed by atoms with E-state index in [4.69, 9.17) is 0 Å². The van der Waals surface area contributed by atoms with Crippen molar-refractivity contribution in [2.45, 2.75) is 39.9 Å². The maximum atomic E-state index is 3.45. The van der Waals surface area contributed by atoms with E-state index in [0.717, 1.165) is 5.33 Å². The van der Waals surface area contributed by atoms with Gasteiger partial charge < -0.3 is 4.90 Å². The van der Waals surface area contributed by atoms with Crippen molar-refractivity contribution >= 4 is 21.6 Å². The first kappa shape index (κ1) is 19.7. The van der Waals surface area contributed by atoms with E-state index in [1.807, 2.05) is 0 Å². The van der Waals surface area contributed by atoms with Crippen LogP contribution in [0.1, 0.15) is 40.2 Å². The molecule has 0 amide bonds. The molecule has 0 saturated heterocycles. The molecule has 1 aromatic carbocycles. The van der Waals surface area contributed by atoms with Crippen molar-refractivity contribution in [2.75, 3.05) is 19.0 Å². The molecule has 0 aliphatic heterocycles. The molecule has 0 unspecified atom stereocenters. The number of nitrogens with zero attached hydrogens (tertiary/aromatic N) is 1. The average molecular weight is 397 g/mol. The van der Waals surface area contributed by atoms with E-state index in [2.05, 4.69) is 114 Å². The normalized spacial score (nSPS) is 16.5. The number of alkyl halides is 1. The van der Waals surface area contributed by atoms with Gasteiger partial charge >= 0.3 is 81.1 Å². The van der Waals surface area contributed by atoms with Crippen molar-refractivity contribution in [1.29, 1.82) is 0 Å². The monoisotopic (exact) mass is 396 g/mol. The first-order chi connectivity index (χ1) is 10.1. The summed E-state index contributed by atoms with van der Waals surface area (Å²) in [5.74, 6) is 0. The van der Waals surface area contributed by atoms with Crippen LogP contribution >= 0.6 is 15.9 Å². The van der Waals surface area contributed by atoms with E-state index in [1.54, 1.807) is 0 Å². The second kappa shape index (κ2) is 7.99. The summed E-state index contributed by atoms with van der Waals surface area (Å²) in [6, 6.07) is 8.37. The Hall–Kier alpha value is -0.306. The number of hydrogen-bond donors (Lipinski definition) is 0. The summed E-state index contributed by atoms with van der Waals surface area (Å²) in [6.45, 7) is 11.3. The van der Waals surface area contributed by atoms with Gasteiger partial charge in [0.15, 0.2) is 0 Å². The Kier molecular flexibility index (Phi) is 7.17. The van der Waals surface area contributed by atoms with Crippen LogP contribution in [0.4, 0.5) is 5.69 Å². The van der Waals surface area contributed by atoms with Crippen LogP contribution in [0.3, 0.4) is 0 Å². The summed E-state index contributed by atoms with van der Waals surface area (Å²) in [5.41, 5.74) is 7.45. The SMILES string of the molecule is CC1=C(C)C(C)(C)[C]([Ti])=C1C.CN(C)c1ccccc1CBr. The number of halogens is 1. The molecule has 3 heteroatoms. The zero-order valence-electron chi connectivity index (χ0n) is 14.8. The minimum absolute atomic E-state index is 0.314. The predicted molar refractivity (Wildman–Crippen MR) is 98.3 cm³/mol. The zero-order valence-corrected chi connectivity index (χ0v) is 18.0. The largest absolute Gasteiger partial charge is 0.377 e. The minimum atomic E-state index is 0.314. The van der Waals surface area contributed by atoms with Crippen LogP contribution in [0, 0.1) is 5.41 Å². The van der Waals surface area contributed by atoms with Crippen LogP contribution in [-0.4, -0.2) is 14.1 Å². The maximum Gasteiger partial charge on any atom is 0.0402 e. The number of benzene rings is 1. The van der Waals surface area contributed by atoms with E-state index in [1.165, 1.54) is 31.8 Å². The van der Waals surface area contributed by atoms with Gasteiger partial charge in [-0.25, -0.2) is 0 Å². The van der Waals surface area contributed by atoms with Crippen molar-refractivity contribution < 1.29 is 20.4 Å². The summed E-state index contributed by atoms with van der Waals surface area (Å²) >= 11 is 5.70. The topological polar surface area (TPSA) is 3.24 Å².